The van der Waals surface area contributed by atoms with E-state index in [0.29, 0.717) is 35.3 Å². The molecule has 0 aliphatic heterocycles. The number of hydrogen-bond acceptors (Lipinski definition) is 3. The minimum atomic E-state index is -2.51. The molecule has 0 aromatic heterocycles. The highest BCUT2D eigenvalue weighted by molar-refractivity contribution is 7.99. The zero-order chi connectivity index (χ0) is 16.0. The van der Waals surface area contributed by atoms with Gasteiger partial charge in [0.15, 0.2) is 0 Å². The standard InChI is InChI=1S/C16H22F2N2OS/c17-15(18)22-13-7-3-2-6-12(13)20-14(21)10-16(11-19)8-4-1-5-9-16/h2-3,6-7,15H,1,4-5,8-11,19H2,(H,20,21). The van der Waals surface area contributed by atoms with Gasteiger partial charge in [0, 0.05) is 11.3 Å². The number of para-hydroxylation sites is 1. The molecule has 3 N–H and O–H groups in total. The molecule has 0 heterocycles. The Kier molecular flexibility index (Phi) is 6.20. The third kappa shape index (κ3) is 4.68. The molecule has 3 nitrogen and oxygen atoms in total. The molecule has 0 atom stereocenters. The van der Waals surface area contributed by atoms with Crippen LogP contribution in [0.3, 0.4) is 0 Å². The fourth-order valence-corrected chi connectivity index (χ4v) is 3.65. The Morgan fingerprint density at radius 1 is 1.27 bits per heavy atom. The van der Waals surface area contributed by atoms with E-state index in [4.69, 9.17) is 5.73 Å². The summed E-state index contributed by atoms with van der Waals surface area (Å²) in [5.74, 6) is -2.65. The first-order chi connectivity index (χ1) is 10.5. The monoisotopic (exact) mass is 328 g/mol. The normalized spacial score (nSPS) is 17.5. The zero-order valence-electron chi connectivity index (χ0n) is 12.5. The van der Waals surface area contributed by atoms with Gasteiger partial charge in [-0.3, -0.25) is 4.79 Å². The second kappa shape index (κ2) is 7.92. The van der Waals surface area contributed by atoms with Crippen molar-refractivity contribution >= 4 is 23.4 Å². The van der Waals surface area contributed by atoms with Gasteiger partial charge in [0.2, 0.25) is 5.91 Å². The van der Waals surface area contributed by atoms with E-state index in [1.807, 2.05) is 0 Å². The SMILES string of the molecule is NCC1(CC(=O)Nc2ccccc2SC(F)F)CCCCC1. The second-order valence-corrected chi connectivity index (χ2v) is 6.90. The maximum absolute atomic E-state index is 12.6. The number of carbonyl (C=O) groups excluding carboxylic acids is 1. The molecule has 1 aromatic rings. The molecular formula is C16H22F2N2OS. The van der Waals surface area contributed by atoms with Gasteiger partial charge in [-0.05, 0) is 36.9 Å². The topological polar surface area (TPSA) is 55.1 Å². The summed E-state index contributed by atoms with van der Waals surface area (Å²) in [6, 6.07) is 6.65. The molecule has 1 aliphatic rings. The fraction of sp³-hybridized carbons (Fsp3) is 0.562. The minimum absolute atomic E-state index is 0.132. The van der Waals surface area contributed by atoms with Gasteiger partial charge in [-0.25, -0.2) is 0 Å². The molecule has 22 heavy (non-hydrogen) atoms. The van der Waals surface area contributed by atoms with Gasteiger partial charge in [0.1, 0.15) is 0 Å². The maximum Gasteiger partial charge on any atom is 0.288 e. The summed E-state index contributed by atoms with van der Waals surface area (Å²) in [7, 11) is 0. The van der Waals surface area contributed by atoms with E-state index in [-0.39, 0.29) is 11.3 Å². The van der Waals surface area contributed by atoms with Crippen LogP contribution in [0.15, 0.2) is 29.2 Å². The quantitative estimate of drug-likeness (QED) is 0.768. The zero-order valence-corrected chi connectivity index (χ0v) is 13.3. The van der Waals surface area contributed by atoms with Crippen LogP contribution in [0.2, 0.25) is 0 Å². The van der Waals surface area contributed by atoms with Gasteiger partial charge in [-0.1, -0.05) is 43.2 Å². The number of anilines is 1. The van der Waals surface area contributed by atoms with E-state index in [1.54, 1.807) is 24.3 Å². The number of amides is 1. The van der Waals surface area contributed by atoms with Crippen LogP contribution in [0.1, 0.15) is 38.5 Å². The van der Waals surface area contributed by atoms with Crippen molar-refractivity contribution in [3.8, 4) is 0 Å². The van der Waals surface area contributed by atoms with Crippen LogP contribution in [-0.2, 0) is 4.79 Å². The molecule has 6 heteroatoms. The van der Waals surface area contributed by atoms with Gasteiger partial charge in [0.25, 0.3) is 5.76 Å². The number of benzene rings is 1. The molecule has 0 radical (unpaired) electrons. The fourth-order valence-electron chi connectivity index (χ4n) is 3.06. The largest absolute Gasteiger partial charge is 0.330 e. The third-order valence-corrected chi connectivity index (χ3v) is 5.05. The average molecular weight is 328 g/mol. The van der Waals surface area contributed by atoms with Crippen LogP contribution < -0.4 is 11.1 Å². The van der Waals surface area contributed by atoms with Crippen molar-refractivity contribution in [3.63, 3.8) is 0 Å². The van der Waals surface area contributed by atoms with Crippen LogP contribution in [0.5, 0.6) is 0 Å². The summed E-state index contributed by atoms with van der Waals surface area (Å²) in [6.07, 6.45) is 5.67. The van der Waals surface area contributed by atoms with Crippen molar-refractivity contribution in [3.05, 3.63) is 24.3 Å². The summed E-state index contributed by atoms with van der Waals surface area (Å²) < 4.78 is 25.1. The third-order valence-electron chi connectivity index (χ3n) is 4.26. The van der Waals surface area contributed by atoms with Gasteiger partial charge in [0.05, 0.1) is 5.69 Å². The Morgan fingerprint density at radius 3 is 2.59 bits per heavy atom. The van der Waals surface area contributed by atoms with E-state index in [9.17, 15) is 13.6 Å². The van der Waals surface area contributed by atoms with Gasteiger partial charge >= 0.3 is 0 Å². The van der Waals surface area contributed by atoms with Crippen LogP contribution >= 0.6 is 11.8 Å². The molecule has 0 spiro atoms. The first-order valence-corrected chi connectivity index (χ1v) is 8.46. The van der Waals surface area contributed by atoms with E-state index >= 15 is 0 Å². The molecule has 0 unspecified atom stereocenters. The van der Waals surface area contributed by atoms with E-state index in [2.05, 4.69) is 5.32 Å². The highest BCUT2D eigenvalue weighted by Crippen LogP contribution is 2.39. The summed E-state index contributed by atoms with van der Waals surface area (Å²) in [6.45, 7) is 0.494. The summed E-state index contributed by atoms with van der Waals surface area (Å²) in [5.41, 5.74) is 6.21. The lowest BCUT2D eigenvalue weighted by Gasteiger charge is -2.35. The maximum atomic E-state index is 12.6. The lowest BCUT2D eigenvalue weighted by atomic mass is 9.71. The van der Waals surface area contributed by atoms with Crippen molar-refractivity contribution in [2.75, 3.05) is 11.9 Å². The Morgan fingerprint density at radius 2 is 1.95 bits per heavy atom. The summed E-state index contributed by atoms with van der Waals surface area (Å²) in [5, 5.41) is 2.77. The number of thioether (sulfide) groups is 1. The Labute approximate surface area is 134 Å². The molecule has 1 aromatic carbocycles. The molecule has 0 saturated heterocycles. The van der Waals surface area contributed by atoms with Gasteiger partial charge in [-0.15, -0.1) is 0 Å². The van der Waals surface area contributed by atoms with Crippen LogP contribution in [0.4, 0.5) is 14.5 Å². The summed E-state index contributed by atoms with van der Waals surface area (Å²) in [4.78, 5) is 12.7. The molecule has 1 aliphatic carbocycles. The molecule has 2 rings (SSSR count). The lowest BCUT2D eigenvalue weighted by Crippen LogP contribution is -2.36. The average Bonchev–Trinajstić information content (AvgIpc) is 2.49. The van der Waals surface area contributed by atoms with Crippen LogP contribution in [0.25, 0.3) is 0 Å². The van der Waals surface area contributed by atoms with E-state index in [1.165, 1.54) is 6.42 Å². The Bertz CT molecular complexity index is 505. The Balaban J connectivity index is 2.02. The van der Waals surface area contributed by atoms with Crippen molar-refractivity contribution < 1.29 is 13.6 Å². The van der Waals surface area contributed by atoms with Crippen molar-refractivity contribution in [2.24, 2.45) is 11.1 Å². The molecule has 122 valence electrons. The smallest absolute Gasteiger partial charge is 0.288 e. The van der Waals surface area contributed by atoms with Gasteiger partial charge in [-0.2, -0.15) is 8.78 Å². The van der Waals surface area contributed by atoms with Crippen LogP contribution in [0, 0.1) is 5.41 Å². The highest BCUT2D eigenvalue weighted by Gasteiger charge is 2.33. The Hall–Kier alpha value is -1.14. The van der Waals surface area contributed by atoms with E-state index < -0.39 is 5.76 Å². The minimum Gasteiger partial charge on any atom is -0.330 e. The number of alkyl halides is 2. The number of hydrogen-bond donors (Lipinski definition) is 2. The molecule has 1 amide bonds. The number of nitrogens with one attached hydrogen (secondary N) is 1. The van der Waals surface area contributed by atoms with Crippen molar-refractivity contribution in [1.82, 2.24) is 0 Å². The first kappa shape index (κ1) is 17.2. The number of rotatable bonds is 6. The van der Waals surface area contributed by atoms with Gasteiger partial charge < -0.3 is 11.1 Å². The highest BCUT2D eigenvalue weighted by atomic mass is 32.2. The van der Waals surface area contributed by atoms with Crippen LogP contribution in [-0.4, -0.2) is 18.2 Å². The predicted octanol–water partition coefficient (Wildman–Crippen LogP) is 4.24. The first-order valence-electron chi connectivity index (χ1n) is 7.58. The molecule has 1 saturated carbocycles. The molecule has 0 bridgehead atoms. The molecular weight excluding hydrogens is 306 g/mol. The number of carbonyl (C=O) groups is 1. The lowest BCUT2D eigenvalue weighted by molar-refractivity contribution is -0.118. The molecule has 1 fully saturated rings. The van der Waals surface area contributed by atoms with Crippen molar-refractivity contribution in [1.29, 1.82) is 0 Å². The predicted molar refractivity (Wildman–Crippen MR) is 86.1 cm³/mol. The van der Waals surface area contributed by atoms with Crippen molar-refractivity contribution in [2.45, 2.75) is 49.2 Å². The van der Waals surface area contributed by atoms with E-state index in [0.717, 1.165) is 25.7 Å². The number of halogens is 2. The number of nitrogens with two attached hydrogens (primary N) is 1. The second-order valence-electron chi connectivity index (χ2n) is 5.86. The summed E-state index contributed by atoms with van der Waals surface area (Å²) >= 11 is 0.445.